The Morgan fingerprint density at radius 2 is 1.47 bits per heavy atom. The zero-order chi connectivity index (χ0) is 34.7. The molecule has 9 nitrogen and oxygen atoms in total. The zero-order valence-electron chi connectivity index (χ0n) is 27.0. The molecular weight excluding hydrogens is 639 g/mol. The molecule has 6 rings (SSSR count). The van der Waals surface area contributed by atoms with Gasteiger partial charge in [-0.3, -0.25) is 9.59 Å². The van der Waals surface area contributed by atoms with Crippen LogP contribution in [-0.2, 0) is 19.1 Å². The van der Waals surface area contributed by atoms with E-state index in [-0.39, 0.29) is 25.3 Å². The molecule has 3 aromatic rings. The summed E-state index contributed by atoms with van der Waals surface area (Å²) in [6.07, 6.45) is -4.10. The molecule has 3 aliphatic rings. The second-order valence-electron chi connectivity index (χ2n) is 12.4. The summed E-state index contributed by atoms with van der Waals surface area (Å²) < 4.78 is 43.4. The van der Waals surface area contributed by atoms with E-state index in [9.17, 15) is 27.6 Å². The minimum Gasteiger partial charge on any atom is -0.461 e. The van der Waals surface area contributed by atoms with Gasteiger partial charge in [-0.15, -0.1) is 0 Å². The van der Waals surface area contributed by atoms with E-state index in [1.165, 1.54) is 0 Å². The van der Waals surface area contributed by atoms with Crippen LogP contribution in [0.15, 0.2) is 84.9 Å². The number of Topliss-reactive ketones (excluding diaryl/α,β-unsaturated/α-hetero) is 1. The van der Waals surface area contributed by atoms with Crippen LogP contribution < -0.4 is 5.32 Å². The number of aldehydes is 1. The van der Waals surface area contributed by atoms with Crippen LogP contribution in [0.5, 0.6) is 0 Å². The maximum atomic E-state index is 13.6. The third-order valence-corrected chi connectivity index (χ3v) is 8.59. The number of nitrogens with one attached hydrogen (secondary N) is 1. The molecule has 0 radical (unpaired) electrons. The van der Waals surface area contributed by atoms with Crippen molar-refractivity contribution in [2.24, 2.45) is 5.92 Å². The largest absolute Gasteiger partial charge is 0.461 e. The molecule has 49 heavy (non-hydrogen) atoms. The zero-order valence-corrected chi connectivity index (χ0v) is 27.0. The van der Waals surface area contributed by atoms with Crippen molar-refractivity contribution in [3.8, 4) is 0 Å². The van der Waals surface area contributed by atoms with Crippen LogP contribution in [0, 0.1) is 5.92 Å². The molecule has 3 saturated heterocycles. The van der Waals surface area contributed by atoms with Crippen LogP contribution >= 0.6 is 0 Å². The van der Waals surface area contributed by atoms with E-state index in [1.54, 1.807) is 24.3 Å². The SMILES string of the molecule is C.CN(C)CCOC(=O)c1ccc(C(=O)C[N+]23CCC(CC2)[C@@H](OC(=O)[C@H](Nc2ccccc2)c2ccccc2)C3)cc1.O=CC(F)(F)F. The third-order valence-electron chi connectivity index (χ3n) is 8.59. The molecular formula is C37H45F3N3O6+. The molecule has 1 N–H and O–H groups in total. The Bertz CT molecular complexity index is 1510. The van der Waals surface area contributed by atoms with Gasteiger partial charge in [0.2, 0.25) is 12.1 Å². The number of ether oxygens (including phenoxy) is 2. The quantitative estimate of drug-likeness (QED) is 0.108. The standard InChI is InChI=1S/C34H40N3O5.C2HF3O.CH4/c1-36(2)19-22-41-33(39)28-15-13-25(14-16-28)30(38)23-37-20-17-26(18-21-37)31(24-37)42-34(40)32(27-9-5-3-6-10-27)35-29-11-7-4-8-12-29;3-2(4,5)1-6;/h3-16,26,31-32,35H,17-24H2,1-2H3;1H;1H4/q+1;;/t26?,31-,32+,37?;;/m0../s1. The lowest BCUT2D eigenvalue weighted by Gasteiger charge is -2.51. The normalized spacial score (nSPS) is 20.1. The number of hydrogen-bond acceptors (Lipinski definition) is 8. The molecule has 2 atom stereocenters. The van der Waals surface area contributed by atoms with Crippen molar-refractivity contribution in [2.75, 3.05) is 58.7 Å². The highest BCUT2D eigenvalue weighted by Gasteiger charge is 2.49. The van der Waals surface area contributed by atoms with Gasteiger partial charge in [0.05, 0.1) is 18.7 Å². The first-order valence-electron chi connectivity index (χ1n) is 15.8. The number of nitrogens with zero attached hydrogens (tertiary/aromatic N) is 2. The topological polar surface area (TPSA) is 102 Å². The number of quaternary nitrogens is 1. The summed E-state index contributed by atoms with van der Waals surface area (Å²) in [5, 5.41) is 3.35. The average Bonchev–Trinajstić information content (AvgIpc) is 3.08. The van der Waals surface area contributed by atoms with Crippen molar-refractivity contribution in [1.29, 1.82) is 0 Å². The van der Waals surface area contributed by atoms with Gasteiger partial charge in [-0.2, -0.15) is 13.2 Å². The first-order valence-corrected chi connectivity index (χ1v) is 15.8. The number of fused-ring (bicyclic) bond motifs is 3. The van der Waals surface area contributed by atoms with Crippen molar-refractivity contribution >= 4 is 29.7 Å². The van der Waals surface area contributed by atoms with E-state index in [2.05, 4.69) is 5.32 Å². The molecule has 3 heterocycles. The highest BCUT2D eigenvalue weighted by molar-refractivity contribution is 5.98. The van der Waals surface area contributed by atoms with Gasteiger partial charge >= 0.3 is 18.1 Å². The molecule has 2 bridgehead atoms. The highest BCUT2D eigenvalue weighted by atomic mass is 19.4. The van der Waals surface area contributed by atoms with Crippen LogP contribution in [0.1, 0.15) is 52.6 Å². The Balaban J connectivity index is 0.000000853. The predicted octanol–water partition coefficient (Wildman–Crippen LogP) is 5.98. The molecule has 0 unspecified atom stereocenters. The molecule has 0 spiro atoms. The number of rotatable bonds is 12. The van der Waals surface area contributed by atoms with Crippen LogP contribution in [0.25, 0.3) is 0 Å². The van der Waals surface area contributed by atoms with E-state index in [0.717, 1.165) is 37.2 Å². The second-order valence-corrected chi connectivity index (χ2v) is 12.4. The predicted molar refractivity (Wildman–Crippen MR) is 180 cm³/mol. The number of carbonyl (C=O) groups excluding carboxylic acids is 4. The molecule has 3 fully saturated rings. The number of anilines is 1. The number of piperidine rings is 3. The van der Waals surface area contributed by atoms with E-state index in [0.29, 0.717) is 47.8 Å². The Kier molecular flexibility index (Phi) is 14.1. The Hall–Kier alpha value is -4.55. The van der Waals surface area contributed by atoms with Gasteiger partial charge in [-0.25, -0.2) is 9.59 Å². The van der Waals surface area contributed by atoms with Crippen LogP contribution in [-0.4, -0.2) is 99.1 Å². The van der Waals surface area contributed by atoms with Gasteiger partial charge in [0.15, 0.2) is 12.1 Å². The first kappa shape index (κ1) is 38.9. The number of ketones is 1. The van der Waals surface area contributed by atoms with E-state index in [1.807, 2.05) is 79.7 Å². The summed E-state index contributed by atoms with van der Waals surface area (Å²) in [7, 11) is 3.84. The minimum atomic E-state index is -4.64. The number of alkyl halides is 3. The maximum absolute atomic E-state index is 13.6. The summed E-state index contributed by atoms with van der Waals surface area (Å²) in [5.41, 5.74) is 2.70. The summed E-state index contributed by atoms with van der Waals surface area (Å²) >= 11 is 0. The lowest BCUT2D eigenvalue weighted by atomic mass is 9.82. The smallest absolute Gasteiger partial charge is 0.446 e. The number of esters is 2. The van der Waals surface area contributed by atoms with Crippen LogP contribution in [0.2, 0.25) is 0 Å². The number of carbonyl (C=O) groups is 4. The molecule has 264 valence electrons. The van der Waals surface area contributed by atoms with E-state index >= 15 is 0 Å². The first-order chi connectivity index (χ1) is 22.9. The fraction of sp³-hybridized carbons (Fsp3) is 0.405. The minimum absolute atomic E-state index is 0. The van der Waals surface area contributed by atoms with Crippen molar-refractivity contribution in [3.05, 3.63) is 102 Å². The van der Waals surface area contributed by atoms with Crippen molar-refractivity contribution in [3.63, 3.8) is 0 Å². The average molecular weight is 685 g/mol. The number of halogens is 3. The van der Waals surface area contributed by atoms with Gasteiger partial charge in [0, 0.05) is 36.6 Å². The fourth-order valence-electron chi connectivity index (χ4n) is 6.01. The Labute approximate surface area is 285 Å². The van der Waals surface area contributed by atoms with Crippen molar-refractivity contribution in [1.82, 2.24) is 4.90 Å². The summed E-state index contributed by atoms with van der Waals surface area (Å²) in [6, 6.07) is 25.4. The van der Waals surface area contributed by atoms with Crippen molar-refractivity contribution < 1.29 is 46.3 Å². The monoisotopic (exact) mass is 684 g/mol. The number of likely N-dealkylation sites (N-methyl/N-ethyl adjacent to an activating group) is 1. The number of para-hydroxylation sites is 1. The molecule has 3 aromatic carbocycles. The molecule has 0 amide bonds. The molecule has 12 heteroatoms. The number of hydrogen-bond donors (Lipinski definition) is 1. The lowest BCUT2D eigenvalue weighted by Crippen LogP contribution is -2.65. The van der Waals surface area contributed by atoms with Crippen LogP contribution in [0.4, 0.5) is 18.9 Å². The van der Waals surface area contributed by atoms with E-state index in [4.69, 9.17) is 14.3 Å². The van der Waals surface area contributed by atoms with E-state index < -0.39 is 24.5 Å². The highest BCUT2D eigenvalue weighted by Crippen LogP contribution is 2.37. The lowest BCUT2D eigenvalue weighted by molar-refractivity contribution is -0.938. The molecule has 0 saturated carbocycles. The summed E-state index contributed by atoms with van der Waals surface area (Å²) in [6.45, 7) is 3.73. The van der Waals surface area contributed by atoms with Gasteiger partial charge in [-0.05, 0) is 43.9 Å². The van der Waals surface area contributed by atoms with Gasteiger partial charge in [0.1, 0.15) is 19.7 Å². The van der Waals surface area contributed by atoms with Crippen molar-refractivity contribution in [2.45, 2.75) is 38.6 Å². The summed E-state index contributed by atoms with van der Waals surface area (Å²) in [4.78, 5) is 50.0. The number of benzene rings is 3. The molecule has 3 aliphatic heterocycles. The third kappa shape index (κ3) is 11.5. The maximum Gasteiger partial charge on any atom is 0.446 e. The second kappa shape index (κ2) is 17.7. The molecule has 0 aliphatic carbocycles. The van der Waals surface area contributed by atoms with Gasteiger partial charge < -0.3 is 24.2 Å². The Morgan fingerprint density at radius 3 is 2.02 bits per heavy atom. The molecule has 0 aromatic heterocycles. The summed E-state index contributed by atoms with van der Waals surface area (Å²) in [5.74, 6) is -0.367. The Morgan fingerprint density at radius 1 is 0.918 bits per heavy atom. The fourth-order valence-corrected chi connectivity index (χ4v) is 6.01. The van der Waals surface area contributed by atoms with Gasteiger partial charge in [0.25, 0.3) is 0 Å². The van der Waals surface area contributed by atoms with Gasteiger partial charge in [-0.1, -0.05) is 68.1 Å². The van der Waals surface area contributed by atoms with Crippen LogP contribution in [0.3, 0.4) is 0 Å².